The van der Waals surface area contributed by atoms with E-state index >= 15 is 0 Å². The SMILES string of the molecule is CCOC(=O)C(CC(C)C)NC(=O)c1cc([N+](=O)[O-])cc([N+](=O)[O-])c1. The van der Waals surface area contributed by atoms with E-state index in [4.69, 9.17) is 4.74 Å². The van der Waals surface area contributed by atoms with Crippen LogP contribution >= 0.6 is 0 Å². The second-order valence-electron chi connectivity index (χ2n) is 5.66. The van der Waals surface area contributed by atoms with Crippen molar-refractivity contribution in [1.82, 2.24) is 5.32 Å². The number of nitro benzene ring substituents is 2. The summed E-state index contributed by atoms with van der Waals surface area (Å²) in [7, 11) is 0. The van der Waals surface area contributed by atoms with Gasteiger partial charge in [0.05, 0.1) is 28.1 Å². The third kappa shape index (κ3) is 5.83. The van der Waals surface area contributed by atoms with Crippen LogP contribution in [0.15, 0.2) is 18.2 Å². The first-order valence-corrected chi connectivity index (χ1v) is 7.57. The summed E-state index contributed by atoms with van der Waals surface area (Å²) in [6.07, 6.45) is 0.293. The number of rotatable bonds is 8. The van der Waals surface area contributed by atoms with E-state index < -0.39 is 39.1 Å². The van der Waals surface area contributed by atoms with Crippen molar-refractivity contribution in [3.63, 3.8) is 0 Å². The molecule has 1 unspecified atom stereocenters. The average molecular weight is 353 g/mol. The molecule has 0 saturated heterocycles. The van der Waals surface area contributed by atoms with Crippen LogP contribution in [0.25, 0.3) is 0 Å². The molecule has 1 atom stereocenters. The van der Waals surface area contributed by atoms with E-state index in [0.717, 1.165) is 18.2 Å². The lowest BCUT2D eigenvalue weighted by molar-refractivity contribution is -0.394. The summed E-state index contributed by atoms with van der Waals surface area (Å²) in [5.74, 6) is -1.40. The summed E-state index contributed by atoms with van der Waals surface area (Å²) in [6.45, 7) is 5.44. The van der Waals surface area contributed by atoms with Crippen molar-refractivity contribution in [2.24, 2.45) is 5.92 Å². The molecule has 0 aromatic heterocycles. The number of ether oxygens (including phenoxy) is 1. The molecule has 10 nitrogen and oxygen atoms in total. The van der Waals surface area contributed by atoms with Crippen LogP contribution in [-0.4, -0.2) is 34.4 Å². The predicted molar refractivity (Wildman–Crippen MR) is 87.1 cm³/mol. The number of nitro groups is 2. The second kappa shape index (κ2) is 8.71. The molecule has 0 fully saturated rings. The molecular formula is C15H19N3O7. The number of hydrogen-bond acceptors (Lipinski definition) is 7. The zero-order valence-electron chi connectivity index (χ0n) is 14.1. The standard InChI is InChI=1S/C15H19N3O7/c1-4-25-15(20)13(5-9(2)3)16-14(19)10-6-11(17(21)22)8-12(7-10)18(23)24/h6-9,13H,4-5H2,1-3H3,(H,16,19). The number of hydrogen-bond donors (Lipinski definition) is 1. The molecule has 0 aliphatic heterocycles. The van der Waals surface area contributed by atoms with Gasteiger partial charge in [-0.05, 0) is 19.3 Å². The minimum Gasteiger partial charge on any atom is -0.464 e. The third-order valence-corrected chi connectivity index (χ3v) is 3.17. The maximum absolute atomic E-state index is 12.3. The smallest absolute Gasteiger partial charge is 0.328 e. The largest absolute Gasteiger partial charge is 0.464 e. The van der Waals surface area contributed by atoms with Crippen molar-refractivity contribution in [3.8, 4) is 0 Å². The van der Waals surface area contributed by atoms with Crippen molar-refractivity contribution in [2.45, 2.75) is 33.2 Å². The quantitative estimate of drug-likeness (QED) is 0.429. The summed E-state index contributed by atoms with van der Waals surface area (Å²) in [6, 6.07) is 1.64. The molecule has 0 spiro atoms. The summed E-state index contributed by atoms with van der Waals surface area (Å²) in [5.41, 5.74) is -1.45. The lowest BCUT2D eigenvalue weighted by atomic mass is 10.0. The number of non-ortho nitro benzene ring substituents is 2. The molecule has 0 heterocycles. The van der Waals surface area contributed by atoms with Crippen LogP contribution in [-0.2, 0) is 9.53 Å². The highest BCUT2D eigenvalue weighted by Crippen LogP contribution is 2.23. The Balaban J connectivity index is 3.13. The molecule has 0 bridgehead atoms. The molecule has 0 aliphatic carbocycles. The van der Waals surface area contributed by atoms with Crippen LogP contribution in [0, 0.1) is 26.1 Å². The van der Waals surface area contributed by atoms with E-state index in [9.17, 15) is 29.8 Å². The molecule has 25 heavy (non-hydrogen) atoms. The zero-order chi connectivity index (χ0) is 19.1. The zero-order valence-corrected chi connectivity index (χ0v) is 14.1. The van der Waals surface area contributed by atoms with Gasteiger partial charge < -0.3 is 10.1 Å². The number of nitrogens with zero attached hydrogens (tertiary/aromatic N) is 2. The van der Waals surface area contributed by atoms with Crippen molar-refractivity contribution >= 4 is 23.3 Å². The van der Waals surface area contributed by atoms with Gasteiger partial charge in [0.15, 0.2) is 0 Å². The van der Waals surface area contributed by atoms with E-state index in [1.807, 2.05) is 13.8 Å². The summed E-state index contributed by atoms with van der Waals surface area (Å²) in [4.78, 5) is 44.4. The first kappa shape index (κ1) is 20.0. The Morgan fingerprint density at radius 1 is 1.12 bits per heavy atom. The van der Waals surface area contributed by atoms with Crippen LogP contribution in [0.3, 0.4) is 0 Å². The van der Waals surface area contributed by atoms with E-state index in [2.05, 4.69) is 5.32 Å². The maximum Gasteiger partial charge on any atom is 0.328 e. The van der Waals surface area contributed by atoms with Crippen LogP contribution in [0.2, 0.25) is 0 Å². The van der Waals surface area contributed by atoms with Crippen molar-refractivity contribution in [2.75, 3.05) is 6.61 Å². The summed E-state index contributed by atoms with van der Waals surface area (Å²) < 4.78 is 4.90. The highest BCUT2D eigenvalue weighted by molar-refractivity contribution is 5.97. The van der Waals surface area contributed by atoms with Gasteiger partial charge in [0.2, 0.25) is 0 Å². The minimum atomic E-state index is -0.953. The fraction of sp³-hybridized carbons (Fsp3) is 0.467. The van der Waals surface area contributed by atoms with E-state index in [1.165, 1.54) is 0 Å². The molecule has 1 N–H and O–H groups in total. The Bertz CT molecular complexity index is 655. The molecule has 0 aliphatic rings. The fourth-order valence-electron chi connectivity index (χ4n) is 2.11. The topological polar surface area (TPSA) is 142 Å². The number of amides is 1. The first-order chi connectivity index (χ1) is 11.6. The third-order valence-electron chi connectivity index (χ3n) is 3.17. The number of benzene rings is 1. The molecule has 0 radical (unpaired) electrons. The minimum absolute atomic E-state index is 0.0640. The molecule has 10 heteroatoms. The van der Waals surface area contributed by atoms with Gasteiger partial charge in [0.25, 0.3) is 17.3 Å². The van der Waals surface area contributed by atoms with Crippen molar-refractivity contribution < 1.29 is 24.2 Å². The predicted octanol–water partition coefficient (Wildman–Crippen LogP) is 2.21. The Hall–Kier alpha value is -3.04. The first-order valence-electron chi connectivity index (χ1n) is 7.57. The van der Waals surface area contributed by atoms with Crippen molar-refractivity contribution in [3.05, 3.63) is 44.0 Å². The van der Waals surface area contributed by atoms with Gasteiger partial charge >= 0.3 is 5.97 Å². The average Bonchev–Trinajstić information content (AvgIpc) is 2.53. The molecule has 1 amide bonds. The van der Waals surface area contributed by atoms with Gasteiger partial charge in [-0.15, -0.1) is 0 Å². The van der Waals surface area contributed by atoms with Gasteiger partial charge in [-0.2, -0.15) is 0 Å². The van der Waals surface area contributed by atoms with Crippen molar-refractivity contribution in [1.29, 1.82) is 0 Å². The van der Waals surface area contributed by atoms with Crippen LogP contribution in [0.4, 0.5) is 11.4 Å². The Kier molecular flexibility index (Phi) is 6.97. The van der Waals surface area contributed by atoms with Gasteiger partial charge in [0.1, 0.15) is 6.04 Å². The van der Waals surface area contributed by atoms with Crippen LogP contribution in [0.5, 0.6) is 0 Å². The van der Waals surface area contributed by atoms with Gasteiger partial charge in [-0.3, -0.25) is 25.0 Å². The van der Waals surface area contributed by atoms with Crippen LogP contribution < -0.4 is 5.32 Å². The van der Waals surface area contributed by atoms with E-state index in [-0.39, 0.29) is 18.1 Å². The maximum atomic E-state index is 12.3. The Morgan fingerprint density at radius 3 is 2.04 bits per heavy atom. The van der Waals surface area contributed by atoms with Gasteiger partial charge in [-0.1, -0.05) is 13.8 Å². The van der Waals surface area contributed by atoms with Gasteiger partial charge in [-0.25, -0.2) is 4.79 Å². The Labute approximate surface area is 143 Å². The normalized spacial score (nSPS) is 11.7. The Morgan fingerprint density at radius 2 is 1.64 bits per heavy atom. The lowest BCUT2D eigenvalue weighted by Gasteiger charge is -2.19. The molecule has 1 rings (SSSR count). The number of carbonyl (C=O) groups excluding carboxylic acids is 2. The highest BCUT2D eigenvalue weighted by atomic mass is 16.6. The lowest BCUT2D eigenvalue weighted by Crippen LogP contribution is -2.42. The molecule has 136 valence electrons. The number of esters is 1. The monoisotopic (exact) mass is 353 g/mol. The summed E-state index contributed by atoms with van der Waals surface area (Å²) >= 11 is 0. The molecular weight excluding hydrogens is 334 g/mol. The molecule has 1 aromatic rings. The highest BCUT2D eigenvalue weighted by Gasteiger charge is 2.26. The molecule has 0 saturated carbocycles. The fourth-order valence-corrected chi connectivity index (χ4v) is 2.11. The molecule has 1 aromatic carbocycles. The number of carbonyl (C=O) groups is 2. The summed E-state index contributed by atoms with van der Waals surface area (Å²) in [5, 5.41) is 24.2. The van der Waals surface area contributed by atoms with Crippen LogP contribution in [0.1, 0.15) is 37.6 Å². The second-order valence-corrected chi connectivity index (χ2v) is 5.66. The van der Waals surface area contributed by atoms with E-state index in [0.29, 0.717) is 6.42 Å². The van der Waals surface area contributed by atoms with Gasteiger partial charge in [0, 0.05) is 12.1 Å². The number of nitrogens with one attached hydrogen (secondary N) is 1. The van der Waals surface area contributed by atoms with E-state index in [1.54, 1.807) is 6.92 Å².